The van der Waals surface area contributed by atoms with Gasteiger partial charge in [0, 0.05) is 30.1 Å². The summed E-state index contributed by atoms with van der Waals surface area (Å²) < 4.78 is 33.6. The van der Waals surface area contributed by atoms with E-state index >= 15 is 0 Å². The van der Waals surface area contributed by atoms with Gasteiger partial charge in [0.15, 0.2) is 5.76 Å². The van der Waals surface area contributed by atoms with Gasteiger partial charge in [-0.25, -0.2) is 8.42 Å². The maximum Gasteiger partial charge on any atom is 0.287 e. The fourth-order valence-corrected chi connectivity index (χ4v) is 6.21. The molecule has 0 bridgehead atoms. The van der Waals surface area contributed by atoms with Crippen molar-refractivity contribution >= 4 is 26.9 Å². The highest BCUT2D eigenvalue weighted by Crippen LogP contribution is 2.31. The third-order valence-electron chi connectivity index (χ3n) is 6.92. The van der Waals surface area contributed by atoms with Crippen LogP contribution in [0.2, 0.25) is 0 Å². The van der Waals surface area contributed by atoms with E-state index in [-0.39, 0.29) is 22.6 Å². The molecule has 0 radical (unpaired) electrons. The number of rotatable bonds is 4. The van der Waals surface area contributed by atoms with Crippen LogP contribution in [0.4, 0.5) is 0 Å². The smallest absolute Gasteiger partial charge is 0.287 e. The van der Waals surface area contributed by atoms with E-state index in [1.165, 1.54) is 6.42 Å². The van der Waals surface area contributed by atoms with Crippen LogP contribution in [0.15, 0.2) is 27.5 Å². The van der Waals surface area contributed by atoms with E-state index in [0.29, 0.717) is 41.5 Å². The third kappa shape index (κ3) is 4.02. The zero-order chi connectivity index (χ0) is 21.5. The second-order valence-electron chi connectivity index (χ2n) is 9.14. The summed E-state index contributed by atoms with van der Waals surface area (Å²) in [4.78, 5) is 13.1. The van der Waals surface area contributed by atoms with Gasteiger partial charge in [0.05, 0.1) is 4.90 Å². The highest BCUT2D eigenvalue weighted by molar-refractivity contribution is 7.89. The highest BCUT2D eigenvalue weighted by atomic mass is 32.2. The number of furan rings is 1. The molecule has 6 nitrogen and oxygen atoms in total. The largest absolute Gasteiger partial charge is 0.451 e. The minimum Gasteiger partial charge on any atom is -0.451 e. The molecule has 2 atom stereocenters. The van der Waals surface area contributed by atoms with Crippen molar-refractivity contribution in [3.8, 4) is 0 Å². The summed E-state index contributed by atoms with van der Waals surface area (Å²) in [6, 6.07) is 5.07. The predicted molar refractivity (Wildman–Crippen MR) is 117 cm³/mol. The SMILES string of the molecule is Cc1c(C(=O)N[C@H]2CCCC[C@@H]2C)oc2ccc(S(=O)(=O)N3CCC(C)CC3)cc12. The molecule has 4 rings (SSSR count). The van der Waals surface area contributed by atoms with Crippen LogP contribution in [-0.2, 0) is 10.0 Å². The Morgan fingerprint density at radius 3 is 2.50 bits per heavy atom. The molecule has 1 saturated heterocycles. The number of nitrogens with zero attached hydrogens (tertiary/aromatic N) is 1. The summed E-state index contributed by atoms with van der Waals surface area (Å²) in [6.07, 6.45) is 6.23. The molecule has 1 saturated carbocycles. The van der Waals surface area contributed by atoms with Gasteiger partial charge in [-0.05, 0) is 62.6 Å². The molecule has 1 aliphatic carbocycles. The van der Waals surface area contributed by atoms with Crippen molar-refractivity contribution in [1.82, 2.24) is 9.62 Å². The van der Waals surface area contributed by atoms with Crippen molar-refractivity contribution in [1.29, 1.82) is 0 Å². The van der Waals surface area contributed by atoms with Gasteiger partial charge in [-0.1, -0.05) is 26.7 Å². The van der Waals surface area contributed by atoms with Gasteiger partial charge in [0.1, 0.15) is 5.58 Å². The van der Waals surface area contributed by atoms with E-state index in [9.17, 15) is 13.2 Å². The van der Waals surface area contributed by atoms with Gasteiger partial charge in [-0.2, -0.15) is 4.31 Å². The van der Waals surface area contributed by atoms with Crippen LogP contribution in [0.3, 0.4) is 0 Å². The van der Waals surface area contributed by atoms with Crippen molar-refractivity contribution in [2.45, 2.75) is 70.2 Å². The zero-order valence-electron chi connectivity index (χ0n) is 18.1. The van der Waals surface area contributed by atoms with Gasteiger partial charge in [0.2, 0.25) is 10.0 Å². The fraction of sp³-hybridized carbons (Fsp3) is 0.609. The van der Waals surface area contributed by atoms with E-state index in [4.69, 9.17) is 4.42 Å². The number of sulfonamides is 1. The lowest BCUT2D eigenvalue weighted by atomic mass is 9.86. The van der Waals surface area contributed by atoms with Crippen molar-refractivity contribution in [2.75, 3.05) is 13.1 Å². The number of piperidine rings is 1. The molecule has 1 amide bonds. The Kier molecular flexibility index (Phi) is 5.95. The lowest BCUT2D eigenvalue weighted by molar-refractivity contribution is 0.0883. The quantitative estimate of drug-likeness (QED) is 0.773. The second-order valence-corrected chi connectivity index (χ2v) is 11.1. The van der Waals surface area contributed by atoms with Gasteiger partial charge >= 0.3 is 0 Å². The number of aryl methyl sites for hydroxylation is 1. The first-order valence-corrected chi connectivity index (χ1v) is 12.6. The lowest BCUT2D eigenvalue weighted by Gasteiger charge is -2.29. The van der Waals surface area contributed by atoms with Gasteiger partial charge in [-0.3, -0.25) is 4.79 Å². The number of fused-ring (bicyclic) bond motifs is 1. The Balaban J connectivity index is 1.59. The van der Waals surface area contributed by atoms with Crippen LogP contribution in [0, 0.1) is 18.8 Å². The van der Waals surface area contributed by atoms with E-state index in [1.807, 2.05) is 6.92 Å². The fourth-order valence-electron chi connectivity index (χ4n) is 4.72. The summed E-state index contributed by atoms with van der Waals surface area (Å²) in [5.41, 5.74) is 1.23. The number of amides is 1. The average Bonchev–Trinajstić information content (AvgIpc) is 3.06. The Morgan fingerprint density at radius 2 is 1.80 bits per heavy atom. The number of benzene rings is 1. The molecule has 0 unspecified atom stereocenters. The Morgan fingerprint density at radius 1 is 1.10 bits per heavy atom. The van der Waals surface area contributed by atoms with Crippen LogP contribution in [0.5, 0.6) is 0 Å². The third-order valence-corrected chi connectivity index (χ3v) is 8.82. The number of carbonyl (C=O) groups is 1. The Labute approximate surface area is 179 Å². The molecule has 30 heavy (non-hydrogen) atoms. The molecule has 0 spiro atoms. The van der Waals surface area contributed by atoms with Crippen molar-refractivity contribution < 1.29 is 17.6 Å². The van der Waals surface area contributed by atoms with Crippen LogP contribution in [-0.4, -0.2) is 37.8 Å². The van der Waals surface area contributed by atoms with E-state index < -0.39 is 10.0 Å². The molecular weight excluding hydrogens is 400 g/mol. The summed E-state index contributed by atoms with van der Waals surface area (Å²) in [5, 5.41) is 3.81. The number of hydrogen-bond donors (Lipinski definition) is 1. The van der Waals surface area contributed by atoms with E-state index in [1.54, 1.807) is 22.5 Å². The summed E-state index contributed by atoms with van der Waals surface area (Å²) in [6.45, 7) is 7.27. The molecule has 2 aliphatic rings. The van der Waals surface area contributed by atoms with Crippen molar-refractivity contribution in [3.05, 3.63) is 29.5 Å². The first kappa shape index (κ1) is 21.4. The number of carbonyl (C=O) groups excluding carboxylic acids is 1. The van der Waals surface area contributed by atoms with Crippen molar-refractivity contribution in [3.63, 3.8) is 0 Å². The maximum absolute atomic E-state index is 13.1. The molecule has 7 heteroatoms. The Bertz CT molecular complexity index is 1030. The van der Waals surface area contributed by atoms with Crippen LogP contribution in [0.1, 0.15) is 68.5 Å². The van der Waals surface area contributed by atoms with Gasteiger partial charge in [-0.15, -0.1) is 0 Å². The first-order chi connectivity index (χ1) is 14.3. The molecule has 1 N–H and O–H groups in total. The molecule has 2 fully saturated rings. The normalized spacial score (nSPS) is 24.2. The summed E-state index contributed by atoms with van der Waals surface area (Å²) >= 11 is 0. The number of nitrogens with one attached hydrogen (secondary N) is 1. The minimum absolute atomic E-state index is 0.163. The zero-order valence-corrected chi connectivity index (χ0v) is 18.9. The Hall–Kier alpha value is -1.86. The van der Waals surface area contributed by atoms with Gasteiger partial charge < -0.3 is 9.73 Å². The van der Waals surface area contributed by atoms with E-state index in [0.717, 1.165) is 32.1 Å². The molecular formula is C23H32N2O4S. The van der Waals surface area contributed by atoms with Crippen LogP contribution in [0.25, 0.3) is 11.0 Å². The van der Waals surface area contributed by atoms with Crippen LogP contribution >= 0.6 is 0 Å². The molecule has 1 aromatic carbocycles. The second kappa shape index (κ2) is 8.35. The van der Waals surface area contributed by atoms with E-state index in [2.05, 4.69) is 19.2 Å². The molecule has 1 aromatic heterocycles. The predicted octanol–water partition coefficient (Wildman–Crippen LogP) is 4.47. The summed E-state index contributed by atoms with van der Waals surface area (Å²) in [5.74, 6) is 1.08. The molecule has 2 heterocycles. The maximum atomic E-state index is 13.1. The topological polar surface area (TPSA) is 79.6 Å². The molecule has 2 aromatic rings. The minimum atomic E-state index is -3.54. The standard InChI is InChI=1S/C23H32N2O4S/c1-15-10-12-25(13-11-15)30(27,28)18-8-9-21-19(14-18)17(3)22(29-21)23(26)24-20-7-5-4-6-16(20)2/h8-9,14-16,20H,4-7,10-13H2,1-3H3,(H,24,26)/t16-,20-/m0/s1. The summed E-state index contributed by atoms with van der Waals surface area (Å²) in [7, 11) is -3.54. The van der Waals surface area contributed by atoms with Crippen molar-refractivity contribution in [2.24, 2.45) is 11.8 Å². The molecule has 1 aliphatic heterocycles. The highest BCUT2D eigenvalue weighted by Gasteiger charge is 2.30. The number of hydrogen-bond acceptors (Lipinski definition) is 4. The lowest BCUT2D eigenvalue weighted by Crippen LogP contribution is -2.41. The monoisotopic (exact) mass is 432 g/mol. The van der Waals surface area contributed by atoms with Crippen LogP contribution < -0.4 is 5.32 Å². The average molecular weight is 433 g/mol. The van der Waals surface area contributed by atoms with Gasteiger partial charge in [0.25, 0.3) is 5.91 Å². The molecule has 164 valence electrons. The first-order valence-electron chi connectivity index (χ1n) is 11.1.